The van der Waals surface area contributed by atoms with E-state index in [2.05, 4.69) is 6.92 Å². The van der Waals surface area contributed by atoms with Gasteiger partial charge in [-0.05, 0) is 36.8 Å². The van der Waals surface area contributed by atoms with Crippen molar-refractivity contribution < 1.29 is 5.11 Å². The third kappa shape index (κ3) is 2.96. The van der Waals surface area contributed by atoms with E-state index < -0.39 is 0 Å². The van der Waals surface area contributed by atoms with E-state index in [1.165, 1.54) is 23.3 Å². The molecule has 0 amide bonds. The first-order valence-electron chi connectivity index (χ1n) is 4.63. The van der Waals surface area contributed by atoms with Crippen molar-refractivity contribution in [2.45, 2.75) is 31.1 Å². The van der Waals surface area contributed by atoms with E-state index in [1.54, 1.807) is 17.8 Å². The first-order valence-corrected chi connectivity index (χ1v) is 5.86. The molecule has 0 bridgehead atoms. The Balaban J connectivity index is 2.79. The quantitative estimate of drug-likeness (QED) is 0.744. The molecule has 0 spiro atoms. The molecule has 13 heavy (non-hydrogen) atoms. The predicted molar refractivity (Wildman–Crippen MR) is 58.5 cm³/mol. The number of aromatic hydroxyl groups is 1. The van der Waals surface area contributed by atoms with E-state index in [0.717, 1.165) is 6.42 Å². The zero-order valence-corrected chi connectivity index (χ0v) is 9.03. The van der Waals surface area contributed by atoms with Gasteiger partial charge >= 0.3 is 0 Å². The van der Waals surface area contributed by atoms with Crippen molar-refractivity contribution in [3.63, 3.8) is 0 Å². The second-order valence-electron chi connectivity index (χ2n) is 3.10. The van der Waals surface area contributed by atoms with Crippen LogP contribution in [0.3, 0.4) is 0 Å². The summed E-state index contributed by atoms with van der Waals surface area (Å²) >= 11 is 1.70. The van der Waals surface area contributed by atoms with Crippen LogP contribution in [0.15, 0.2) is 23.1 Å². The van der Waals surface area contributed by atoms with Crippen molar-refractivity contribution in [2.24, 2.45) is 0 Å². The molecule has 0 heterocycles. The molecule has 72 valence electrons. The SMILES string of the molecule is CCCCc1ccc(O)cc1SC. The molecule has 0 aliphatic rings. The Hall–Kier alpha value is -0.630. The third-order valence-corrected chi connectivity index (χ3v) is 2.89. The van der Waals surface area contributed by atoms with Crippen LogP contribution in [0.4, 0.5) is 0 Å². The Morgan fingerprint density at radius 1 is 1.38 bits per heavy atom. The maximum Gasteiger partial charge on any atom is 0.116 e. The molecule has 0 aliphatic carbocycles. The molecular weight excluding hydrogens is 180 g/mol. The molecule has 0 unspecified atom stereocenters. The summed E-state index contributed by atoms with van der Waals surface area (Å²) in [4.78, 5) is 1.20. The van der Waals surface area contributed by atoms with Crippen LogP contribution in [0.1, 0.15) is 25.3 Å². The summed E-state index contributed by atoms with van der Waals surface area (Å²) in [5.74, 6) is 0.365. The average Bonchev–Trinajstić information content (AvgIpc) is 2.16. The number of hydrogen-bond acceptors (Lipinski definition) is 2. The van der Waals surface area contributed by atoms with Gasteiger partial charge in [0.15, 0.2) is 0 Å². The minimum atomic E-state index is 0.365. The summed E-state index contributed by atoms with van der Waals surface area (Å²) in [6.07, 6.45) is 5.60. The number of rotatable bonds is 4. The van der Waals surface area contributed by atoms with Gasteiger partial charge in [-0.15, -0.1) is 11.8 Å². The number of hydrogen-bond donors (Lipinski definition) is 1. The van der Waals surface area contributed by atoms with Crippen molar-refractivity contribution in [2.75, 3.05) is 6.26 Å². The second-order valence-corrected chi connectivity index (χ2v) is 3.95. The Morgan fingerprint density at radius 3 is 2.77 bits per heavy atom. The van der Waals surface area contributed by atoms with Gasteiger partial charge in [-0.2, -0.15) is 0 Å². The van der Waals surface area contributed by atoms with Crippen LogP contribution in [0, 0.1) is 0 Å². The lowest BCUT2D eigenvalue weighted by Crippen LogP contribution is -1.87. The molecule has 0 aliphatic heterocycles. The number of thioether (sulfide) groups is 1. The molecular formula is C11H16OS. The maximum absolute atomic E-state index is 9.28. The van der Waals surface area contributed by atoms with Gasteiger partial charge < -0.3 is 5.11 Å². The molecule has 0 radical (unpaired) electrons. The Bertz CT molecular complexity index is 271. The van der Waals surface area contributed by atoms with E-state index in [1.807, 2.05) is 18.4 Å². The van der Waals surface area contributed by atoms with Crippen LogP contribution in [0.2, 0.25) is 0 Å². The van der Waals surface area contributed by atoms with Crippen molar-refractivity contribution in [1.82, 2.24) is 0 Å². The lowest BCUT2D eigenvalue weighted by Gasteiger charge is -2.06. The molecule has 2 heteroatoms. The van der Waals surface area contributed by atoms with Gasteiger partial charge in [-0.25, -0.2) is 0 Å². The van der Waals surface area contributed by atoms with E-state index >= 15 is 0 Å². The highest BCUT2D eigenvalue weighted by molar-refractivity contribution is 7.98. The predicted octanol–water partition coefficient (Wildman–Crippen LogP) is 3.46. The van der Waals surface area contributed by atoms with Crippen LogP contribution < -0.4 is 0 Å². The van der Waals surface area contributed by atoms with Crippen LogP contribution in [0.5, 0.6) is 5.75 Å². The maximum atomic E-state index is 9.28. The summed E-state index contributed by atoms with van der Waals surface area (Å²) < 4.78 is 0. The van der Waals surface area contributed by atoms with E-state index in [-0.39, 0.29) is 0 Å². The molecule has 1 N–H and O–H groups in total. The van der Waals surface area contributed by atoms with E-state index in [0.29, 0.717) is 5.75 Å². The zero-order chi connectivity index (χ0) is 9.68. The fraction of sp³-hybridized carbons (Fsp3) is 0.455. The summed E-state index contributed by atoms with van der Waals surface area (Å²) in [7, 11) is 0. The number of unbranched alkanes of at least 4 members (excludes halogenated alkanes) is 1. The lowest BCUT2D eigenvalue weighted by atomic mass is 10.1. The smallest absolute Gasteiger partial charge is 0.116 e. The number of phenols is 1. The summed E-state index contributed by atoms with van der Waals surface area (Å²) in [5.41, 5.74) is 1.35. The fourth-order valence-corrected chi connectivity index (χ4v) is 1.98. The monoisotopic (exact) mass is 196 g/mol. The fourth-order valence-electron chi connectivity index (χ4n) is 1.31. The summed E-state index contributed by atoms with van der Waals surface area (Å²) in [6.45, 7) is 2.19. The molecule has 0 saturated heterocycles. The zero-order valence-electron chi connectivity index (χ0n) is 8.21. The molecule has 0 atom stereocenters. The van der Waals surface area contributed by atoms with E-state index in [9.17, 15) is 5.11 Å². The van der Waals surface area contributed by atoms with Crippen LogP contribution in [-0.2, 0) is 6.42 Å². The number of aryl methyl sites for hydroxylation is 1. The van der Waals surface area contributed by atoms with Gasteiger partial charge in [0.25, 0.3) is 0 Å². The minimum absolute atomic E-state index is 0.365. The first-order chi connectivity index (χ1) is 6.27. The topological polar surface area (TPSA) is 20.2 Å². The van der Waals surface area contributed by atoms with Crippen LogP contribution in [0.25, 0.3) is 0 Å². The highest BCUT2D eigenvalue weighted by Gasteiger charge is 2.01. The third-order valence-electron chi connectivity index (χ3n) is 2.07. The van der Waals surface area contributed by atoms with Gasteiger partial charge in [0, 0.05) is 4.90 Å². The van der Waals surface area contributed by atoms with Crippen molar-refractivity contribution >= 4 is 11.8 Å². The minimum Gasteiger partial charge on any atom is -0.508 e. The number of benzene rings is 1. The molecule has 1 aromatic carbocycles. The Kier molecular flexibility index (Phi) is 4.16. The highest BCUT2D eigenvalue weighted by atomic mass is 32.2. The normalized spacial score (nSPS) is 10.3. The molecule has 0 saturated carbocycles. The Morgan fingerprint density at radius 2 is 2.15 bits per heavy atom. The first kappa shape index (κ1) is 10.5. The van der Waals surface area contributed by atoms with Gasteiger partial charge in [0.05, 0.1) is 0 Å². The van der Waals surface area contributed by atoms with Crippen molar-refractivity contribution in [1.29, 1.82) is 0 Å². The standard InChI is InChI=1S/C11H16OS/c1-3-4-5-9-6-7-10(12)8-11(9)13-2/h6-8,12H,3-5H2,1-2H3. The van der Waals surface area contributed by atoms with Crippen molar-refractivity contribution in [3.05, 3.63) is 23.8 Å². The summed E-state index contributed by atoms with van der Waals surface area (Å²) in [5, 5.41) is 9.28. The molecule has 0 aromatic heterocycles. The highest BCUT2D eigenvalue weighted by Crippen LogP contribution is 2.25. The van der Waals surface area contributed by atoms with Gasteiger partial charge in [-0.3, -0.25) is 0 Å². The lowest BCUT2D eigenvalue weighted by molar-refractivity contribution is 0.473. The van der Waals surface area contributed by atoms with Crippen LogP contribution in [-0.4, -0.2) is 11.4 Å². The van der Waals surface area contributed by atoms with Crippen LogP contribution >= 0.6 is 11.8 Å². The second kappa shape index (κ2) is 5.18. The Labute approximate surface area is 84.2 Å². The largest absolute Gasteiger partial charge is 0.508 e. The van der Waals surface area contributed by atoms with Gasteiger partial charge in [-0.1, -0.05) is 19.4 Å². The summed E-state index contributed by atoms with van der Waals surface area (Å²) in [6, 6.07) is 5.64. The molecule has 0 fully saturated rings. The van der Waals surface area contributed by atoms with Crippen molar-refractivity contribution in [3.8, 4) is 5.75 Å². The average molecular weight is 196 g/mol. The number of phenolic OH excluding ortho intramolecular Hbond substituents is 1. The van der Waals surface area contributed by atoms with Gasteiger partial charge in [0.1, 0.15) is 5.75 Å². The molecule has 1 rings (SSSR count). The molecule has 1 aromatic rings. The molecule has 1 nitrogen and oxygen atoms in total. The van der Waals surface area contributed by atoms with E-state index in [4.69, 9.17) is 0 Å². The van der Waals surface area contributed by atoms with Gasteiger partial charge in [0.2, 0.25) is 0 Å².